The van der Waals surface area contributed by atoms with E-state index in [1.165, 1.54) is 0 Å². The molecule has 0 radical (unpaired) electrons. The van der Waals surface area contributed by atoms with Gasteiger partial charge in [-0.1, -0.05) is 0 Å². The molecule has 0 nitrogen and oxygen atoms in total. The van der Waals surface area contributed by atoms with E-state index in [1.807, 2.05) is 0 Å². The Hall–Kier alpha value is -0.123. The molecule has 0 amide bonds. The molecule has 0 aromatic carbocycles. The average Bonchev–Trinajstić information content (AvgIpc) is 2.18. The fraction of sp³-hybridized carbons (Fsp3) is 1.00. The zero-order chi connectivity index (χ0) is 16.2. The topological polar surface area (TPSA) is 0 Å². The molecule has 0 spiro atoms. The molecule has 0 aliphatic rings. The first-order chi connectivity index (χ1) is 8.62. The third-order valence-corrected chi connectivity index (χ3v) is 7.71. The van der Waals surface area contributed by atoms with Crippen LogP contribution in [0.2, 0.25) is 18.1 Å². The quantitative estimate of drug-likeness (QED) is 0.310. The van der Waals surface area contributed by atoms with E-state index in [4.69, 9.17) is 11.1 Å². The Morgan fingerprint density at radius 1 is 0.550 bits per heavy atom. The summed E-state index contributed by atoms with van der Waals surface area (Å²) in [6.45, 7) is 0. The first-order valence-corrected chi connectivity index (χ1v) is 9.14. The monoisotopic (exact) mass is 354 g/mol. The smallest absolute Gasteiger partial charge is 0.171 e. The first kappa shape index (κ1) is 19.9. The number of rotatable bonds is 6. The van der Waals surface area contributed by atoms with Gasteiger partial charge >= 0.3 is 18.5 Å². The van der Waals surface area contributed by atoms with E-state index >= 15 is 0 Å². The molecule has 0 fully saturated rings. The van der Waals surface area contributed by atoms with Crippen molar-refractivity contribution in [3.8, 4) is 0 Å². The van der Waals surface area contributed by atoms with E-state index in [0.29, 0.717) is 0 Å². The highest BCUT2D eigenvalue weighted by atomic mass is 35.6. The lowest BCUT2D eigenvalue weighted by Crippen LogP contribution is -2.32. The molecule has 0 unspecified atom stereocenters. The lowest BCUT2D eigenvalue weighted by molar-refractivity contribution is -0.132. The van der Waals surface area contributed by atoms with Gasteiger partial charge in [0.05, 0.1) is 0 Å². The maximum absolute atomic E-state index is 12.1. The number of halogens is 10. The van der Waals surface area contributed by atoms with E-state index < -0.39 is 63.3 Å². The highest BCUT2D eigenvalue weighted by molar-refractivity contribution is 7.20. The van der Waals surface area contributed by atoms with Gasteiger partial charge in [0.2, 0.25) is 0 Å². The Morgan fingerprint density at radius 3 is 0.900 bits per heavy atom. The maximum atomic E-state index is 12.1. The lowest BCUT2D eigenvalue weighted by atomic mass is 10.5. The molecule has 0 saturated carbocycles. The van der Waals surface area contributed by atoms with Crippen molar-refractivity contribution in [2.45, 2.75) is 55.9 Å². The van der Waals surface area contributed by atoms with Crippen LogP contribution in [-0.4, -0.2) is 25.9 Å². The summed E-state index contributed by atoms with van der Waals surface area (Å²) in [6.07, 6.45) is -18.3. The van der Waals surface area contributed by atoms with Crippen molar-refractivity contribution in [2.24, 2.45) is 0 Å². The van der Waals surface area contributed by atoms with Gasteiger partial charge in [-0.05, 0) is 18.1 Å². The molecule has 0 aliphatic carbocycles. The third-order valence-electron chi connectivity index (χ3n) is 2.57. The molecule has 0 aromatic heterocycles. The van der Waals surface area contributed by atoms with Crippen molar-refractivity contribution in [3.63, 3.8) is 0 Å². The molecule has 0 rings (SSSR count). The van der Waals surface area contributed by atoms with E-state index in [0.717, 1.165) is 0 Å². The predicted octanol–water partition coefficient (Wildman–Crippen LogP) is 6.03. The standard InChI is InChI=1S/C9H12ClF9Si/c10-20(4-1-7(11,12)13,5-2-8(14,15)16)6-3-9(17,18)19/h1-6H2. The summed E-state index contributed by atoms with van der Waals surface area (Å²) >= 11 is 5.70. The van der Waals surface area contributed by atoms with Gasteiger partial charge < -0.3 is 0 Å². The molecule has 0 heterocycles. The van der Waals surface area contributed by atoms with Crippen molar-refractivity contribution in [3.05, 3.63) is 0 Å². The van der Waals surface area contributed by atoms with Crippen molar-refractivity contribution in [2.75, 3.05) is 0 Å². The molecule has 20 heavy (non-hydrogen) atoms. The van der Waals surface area contributed by atoms with Crippen LogP contribution in [0.3, 0.4) is 0 Å². The van der Waals surface area contributed by atoms with Crippen LogP contribution in [0.15, 0.2) is 0 Å². The summed E-state index contributed by atoms with van der Waals surface area (Å²) < 4.78 is 108. The van der Waals surface area contributed by atoms with Gasteiger partial charge in [0, 0.05) is 19.3 Å². The van der Waals surface area contributed by atoms with Gasteiger partial charge in [0.15, 0.2) is 7.38 Å². The minimum atomic E-state index is -4.65. The van der Waals surface area contributed by atoms with Crippen LogP contribution in [0.1, 0.15) is 19.3 Å². The largest absolute Gasteiger partial charge is 0.388 e. The molecule has 0 N–H and O–H groups in total. The maximum Gasteiger partial charge on any atom is 0.388 e. The second kappa shape index (κ2) is 6.76. The van der Waals surface area contributed by atoms with E-state index in [1.54, 1.807) is 0 Å². The fourth-order valence-electron chi connectivity index (χ4n) is 1.47. The molecule has 0 aromatic rings. The van der Waals surface area contributed by atoms with Gasteiger partial charge in [-0.2, -0.15) is 50.6 Å². The van der Waals surface area contributed by atoms with Gasteiger partial charge in [-0.3, -0.25) is 0 Å². The van der Waals surface area contributed by atoms with E-state index in [-0.39, 0.29) is 0 Å². The van der Waals surface area contributed by atoms with Gasteiger partial charge in [-0.25, -0.2) is 0 Å². The zero-order valence-electron chi connectivity index (χ0n) is 10.0. The second-order valence-corrected chi connectivity index (χ2v) is 10.7. The van der Waals surface area contributed by atoms with E-state index in [2.05, 4.69) is 0 Å². The van der Waals surface area contributed by atoms with Crippen molar-refractivity contribution >= 4 is 18.5 Å². The predicted molar refractivity (Wildman–Crippen MR) is 58.0 cm³/mol. The Kier molecular flexibility index (Phi) is 6.72. The molecule has 0 saturated heterocycles. The highest BCUT2D eigenvalue weighted by Crippen LogP contribution is 2.39. The highest BCUT2D eigenvalue weighted by Gasteiger charge is 2.42. The fourth-order valence-corrected chi connectivity index (χ4v) is 5.27. The molecule has 0 bridgehead atoms. The summed E-state index contributed by atoms with van der Waals surface area (Å²) in [6, 6.07) is -2.53. The summed E-state index contributed by atoms with van der Waals surface area (Å²) in [7, 11) is -3.77. The summed E-state index contributed by atoms with van der Waals surface area (Å²) in [5.41, 5.74) is 0. The Labute approximate surface area is 115 Å². The first-order valence-electron chi connectivity index (χ1n) is 5.51. The number of hydrogen-bond acceptors (Lipinski definition) is 0. The molecular formula is C9H12ClF9Si. The van der Waals surface area contributed by atoms with Crippen molar-refractivity contribution in [1.29, 1.82) is 0 Å². The Bertz CT molecular complexity index is 248. The van der Waals surface area contributed by atoms with Crippen molar-refractivity contribution < 1.29 is 39.5 Å². The average molecular weight is 355 g/mol. The summed E-state index contributed by atoms with van der Waals surface area (Å²) in [5, 5.41) is 0. The molecule has 0 atom stereocenters. The van der Waals surface area contributed by atoms with Crippen LogP contribution >= 0.6 is 11.1 Å². The number of hydrogen-bond donors (Lipinski definition) is 0. The minimum absolute atomic E-state index is 0.843. The third kappa shape index (κ3) is 11.7. The van der Waals surface area contributed by atoms with Crippen LogP contribution in [0, 0.1) is 0 Å². The van der Waals surface area contributed by atoms with E-state index in [9.17, 15) is 39.5 Å². The SMILES string of the molecule is FC(F)(F)CC[Si](Cl)(CCC(F)(F)F)CCC(F)(F)F. The van der Waals surface area contributed by atoms with Crippen LogP contribution in [-0.2, 0) is 0 Å². The minimum Gasteiger partial charge on any atom is -0.171 e. The van der Waals surface area contributed by atoms with Crippen LogP contribution in [0.5, 0.6) is 0 Å². The van der Waals surface area contributed by atoms with Crippen LogP contribution in [0.4, 0.5) is 39.5 Å². The van der Waals surface area contributed by atoms with Crippen LogP contribution in [0.25, 0.3) is 0 Å². The number of alkyl halides is 9. The zero-order valence-corrected chi connectivity index (χ0v) is 11.8. The lowest BCUT2D eigenvalue weighted by Gasteiger charge is -2.26. The molecule has 0 aliphatic heterocycles. The van der Waals surface area contributed by atoms with Gasteiger partial charge in [-0.15, -0.1) is 0 Å². The summed E-state index contributed by atoms with van der Waals surface area (Å²) in [5.74, 6) is 0. The molecular weight excluding hydrogens is 343 g/mol. The molecule has 122 valence electrons. The normalized spacial score (nSPS) is 14.7. The van der Waals surface area contributed by atoms with Crippen molar-refractivity contribution in [1.82, 2.24) is 0 Å². The Balaban J connectivity index is 4.66. The molecule has 11 heteroatoms. The van der Waals surface area contributed by atoms with Gasteiger partial charge in [0.1, 0.15) is 0 Å². The Morgan fingerprint density at radius 2 is 0.750 bits per heavy atom. The van der Waals surface area contributed by atoms with Gasteiger partial charge in [0.25, 0.3) is 0 Å². The second-order valence-electron chi connectivity index (χ2n) is 4.50. The summed E-state index contributed by atoms with van der Waals surface area (Å²) in [4.78, 5) is 0. The van der Waals surface area contributed by atoms with Crippen LogP contribution < -0.4 is 0 Å².